The first kappa shape index (κ1) is 21.6. The predicted molar refractivity (Wildman–Crippen MR) is 120 cm³/mol. The Morgan fingerprint density at radius 1 is 1.03 bits per heavy atom. The third kappa shape index (κ3) is 5.10. The summed E-state index contributed by atoms with van der Waals surface area (Å²) in [6.45, 7) is 9.67. The fourth-order valence-electron chi connectivity index (χ4n) is 3.24. The highest BCUT2D eigenvalue weighted by molar-refractivity contribution is 7.03. The lowest BCUT2D eigenvalue weighted by Crippen LogP contribution is -2.49. The summed E-state index contributed by atoms with van der Waals surface area (Å²) in [6.07, 6.45) is 0. The van der Waals surface area contributed by atoms with Crippen molar-refractivity contribution in [3.05, 3.63) is 76.3 Å². The second-order valence-electron chi connectivity index (χ2n) is 8.36. The van der Waals surface area contributed by atoms with E-state index in [0.29, 0.717) is 5.69 Å². The van der Waals surface area contributed by atoms with E-state index in [-0.39, 0.29) is 17.5 Å². The lowest BCUT2D eigenvalue weighted by Gasteiger charge is -2.33. The highest BCUT2D eigenvalue weighted by atomic mass is 32.1. The zero-order valence-electron chi connectivity index (χ0n) is 17.8. The van der Waals surface area contributed by atoms with E-state index in [1.165, 1.54) is 4.90 Å². The molecule has 1 heterocycles. The van der Waals surface area contributed by atoms with Crippen LogP contribution in [0.5, 0.6) is 0 Å². The van der Waals surface area contributed by atoms with E-state index >= 15 is 0 Å². The standard InChI is InChI=1S/C23H26N4O2S/c1-15-8-6-10-17(12-15)20(21(28)24-23(3,4)5)27(18-11-7-9-16(2)13-18)22(29)19-14-30-26-25-19/h6-14,20H,1-5H3,(H,24,28)/t20-/m1/s1. The van der Waals surface area contributed by atoms with E-state index in [1.807, 2.05) is 83.1 Å². The molecule has 1 aromatic heterocycles. The molecule has 1 N–H and O–H groups in total. The maximum absolute atomic E-state index is 13.5. The van der Waals surface area contributed by atoms with Crippen molar-refractivity contribution in [1.82, 2.24) is 14.9 Å². The van der Waals surface area contributed by atoms with E-state index in [0.717, 1.165) is 28.2 Å². The first-order valence-electron chi connectivity index (χ1n) is 9.71. The monoisotopic (exact) mass is 422 g/mol. The van der Waals surface area contributed by atoms with Gasteiger partial charge in [0, 0.05) is 16.6 Å². The summed E-state index contributed by atoms with van der Waals surface area (Å²) in [5, 5.41) is 8.59. The number of aryl methyl sites for hydroxylation is 2. The van der Waals surface area contributed by atoms with Crippen LogP contribution in [0.2, 0.25) is 0 Å². The number of hydrogen-bond acceptors (Lipinski definition) is 5. The Kier molecular flexibility index (Phi) is 6.31. The van der Waals surface area contributed by atoms with E-state index < -0.39 is 11.6 Å². The normalized spacial score (nSPS) is 12.3. The lowest BCUT2D eigenvalue weighted by atomic mass is 9.99. The Bertz CT molecular complexity index is 1040. The summed E-state index contributed by atoms with van der Waals surface area (Å²) in [4.78, 5) is 28.6. The Labute approximate surface area is 181 Å². The number of carbonyl (C=O) groups excluding carboxylic acids is 2. The maximum Gasteiger partial charge on any atom is 0.280 e. The fourth-order valence-corrected chi connectivity index (χ4v) is 3.67. The zero-order chi connectivity index (χ0) is 21.9. The van der Waals surface area contributed by atoms with Gasteiger partial charge in [0.15, 0.2) is 5.69 Å². The summed E-state index contributed by atoms with van der Waals surface area (Å²) in [5.74, 6) is -0.629. The van der Waals surface area contributed by atoms with Gasteiger partial charge in [0.1, 0.15) is 6.04 Å². The Morgan fingerprint density at radius 2 is 1.70 bits per heavy atom. The fraction of sp³-hybridized carbons (Fsp3) is 0.304. The number of nitrogens with one attached hydrogen (secondary N) is 1. The molecule has 0 aliphatic rings. The molecule has 0 spiro atoms. The number of anilines is 1. The van der Waals surface area contributed by atoms with Gasteiger partial charge in [-0.05, 0) is 69.4 Å². The van der Waals surface area contributed by atoms with Crippen LogP contribution in [-0.4, -0.2) is 26.9 Å². The molecule has 0 radical (unpaired) electrons. The van der Waals surface area contributed by atoms with E-state index in [4.69, 9.17) is 0 Å². The number of hydrogen-bond donors (Lipinski definition) is 1. The quantitative estimate of drug-likeness (QED) is 0.659. The summed E-state index contributed by atoms with van der Waals surface area (Å²) < 4.78 is 3.83. The topological polar surface area (TPSA) is 75.2 Å². The van der Waals surface area contributed by atoms with Crippen molar-refractivity contribution >= 4 is 29.0 Å². The Morgan fingerprint density at radius 3 is 2.27 bits per heavy atom. The third-order valence-electron chi connectivity index (χ3n) is 4.44. The smallest absolute Gasteiger partial charge is 0.280 e. The molecule has 3 aromatic rings. The van der Waals surface area contributed by atoms with Gasteiger partial charge in [0.2, 0.25) is 5.91 Å². The molecule has 0 saturated carbocycles. The largest absolute Gasteiger partial charge is 0.349 e. The number of aromatic nitrogens is 2. The van der Waals surface area contributed by atoms with Crippen LogP contribution in [0.15, 0.2) is 53.9 Å². The number of rotatable bonds is 5. The zero-order valence-corrected chi connectivity index (χ0v) is 18.7. The molecule has 7 heteroatoms. The second-order valence-corrected chi connectivity index (χ2v) is 8.97. The molecule has 6 nitrogen and oxygen atoms in total. The van der Waals surface area contributed by atoms with E-state index in [1.54, 1.807) is 5.38 Å². The van der Waals surface area contributed by atoms with Crippen molar-refractivity contribution in [2.24, 2.45) is 0 Å². The Balaban J connectivity index is 2.19. The van der Waals surface area contributed by atoms with Crippen LogP contribution < -0.4 is 10.2 Å². The number of carbonyl (C=O) groups is 2. The van der Waals surface area contributed by atoms with Crippen LogP contribution in [0.3, 0.4) is 0 Å². The highest BCUT2D eigenvalue weighted by Gasteiger charge is 2.35. The molecular formula is C23H26N4O2S. The molecule has 0 fully saturated rings. The SMILES string of the molecule is Cc1cccc([C@H](C(=O)NC(C)(C)C)N(C(=O)c2csnn2)c2cccc(C)c2)c1. The molecule has 0 bridgehead atoms. The van der Waals surface area contributed by atoms with Crippen molar-refractivity contribution in [3.8, 4) is 0 Å². The molecule has 0 aliphatic heterocycles. The minimum atomic E-state index is -0.861. The van der Waals surface area contributed by atoms with Gasteiger partial charge in [-0.3, -0.25) is 14.5 Å². The Hall–Kier alpha value is -3.06. The molecular weight excluding hydrogens is 396 g/mol. The third-order valence-corrected chi connectivity index (χ3v) is 4.94. The molecule has 0 aliphatic carbocycles. The van der Waals surface area contributed by atoms with Crippen LogP contribution in [0.25, 0.3) is 0 Å². The van der Waals surface area contributed by atoms with Crippen LogP contribution >= 0.6 is 11.5 Å². The van der Waals surface area contributed by atoms with Gasteiger partial charge in [0.25, 0.3) is 5.91 Å². The second kappa shape index (κ2) is 8.75. The van der Waals surface area contributed by atoms with Crippen LogP contribution in [0.1, 0.15) is 54.0 Å². The minimum absolute atomic E-state index is 0.211. The summed E-state index contributed by atoms with van der Waals surface area (Å²) in [5.41, 5.74) is 3.11. The van der Waals surface area contributed by atoms with E-state index in [9.17, 15) is 9.59 Å². The lowest BCUT2D eigenvalue weighted by molar-refractivity contribution is -0.123. The molecule has 0 saturated heterocycles. The molecule has 1 atom stereocenters. The van der Waals surface area contributed by atoms with Crippen molar-refractivity contribution in [3.63, 3.8) is 0 Å². The van der Waals surface area contributed by atoms with Crippen LogP contribution in [0, 0.1) is 13.8 Å². The van der Waals surface area contributed by atoms with Crippen molar-refractivity contribution < 1.29 is 9.59 Å². The van der Waals surface area contributed by atoms with Crippen LogP contribution in [-0.2, 0) is 4.79 Å². The molecule has 3 rings (SSSR count). The first-order chi connectivity index (χ1) is 14.2. The number of amides is 2. The molecule has 0 unspecified atom stereocenters. The summed E-state index contributed by atoms with van der Waals surface area (Å²) in [6, 6.07) is 14.4. The van der Waals surface area contributed by atoms with Gasteiger partial charge < -0.3 is 5.32 Å². The maximum atomic E-state index is 13.5. The van der Waals surface area contributed by atoms with Crippen molar-refractivity contribution in [2.75, 3.05) is 4.90 Å². The summed E-state index contributed by atoms with van der Waals surface area (Å²) >= 11 is 1.10. The predicted octanol–water partition coefficient (Wildman–Crippen LogP) is 4.46. The van der Waals surface area contributed by atoms with Gasteiger partial charge in [0.05, 0.1) is 0 Å². The van der Waals surface area contributed by atoms with Gasteiger partial charge in [-0.1, -0.05) is 46.4 Å². The number of benzene rings is 2. The van der Waals surface area contributed by atoms with Crippen LogP contribution in [0.4, 0.5) is 5.69 Å². The molecule has 2 aromatic carbocycles. The highest BCUT2D eigenvalue weighted by Crippen LogP contribution is 2.31. The van der Waals surface area contributed by atoms with Crippen molar-refractivity contribution in [1.29, 1.82) is 0 Å². The minimum Gasteiger partial charge on any atom is -0.349 e. The average molecular weight is 423 g/mol. The van der Waals surface area contributed by atoms with Gasteiger partial charge in [-0.25, -0.2) is 0 Å². The van der Waals surface area contributed by atoms with Crippen molar-refractivity contribution in [2.45, 2.75) is 46.2 Å². The van der Waals surface area contributed by atoms with Gasteiger partial charge in [-0.15, -0.1) is 5.10 Å². The molecule has 156 valence electrons. The van der Waals surface area contributed by atoms with Gasteiger partial charge in [-0.2, -0.15) is 0 Å². The molecule has 2 amide bonds. The molecule has 30 heavy (non-hydrogen) atoms. The first-order valence-corrected chi connectivity index (χ1v) is 10.6. The van der Waals surface area contributed by atoms with Gasteiger partial charge >= 0.3 is 0 Å². The van der Waals surface area contributed by atoms with E-state index in [2.05, 4.69) is 14.9 Å². The average Bonchev–Trinajstić information content (AvgIpc) is 3.18. The number of nitrogens with zero attached hydrogens (tertiary/aromatic N) is 3. The summed E-state index contributed by atoms with van der Waals surface area (Å²) in [7, 11) is 0.